The topological polar surface area (TPSA) is 65.9 Å². The van der Waals surface area contributed by atoms with E-state index in [0.29, 0.717) is 30.0 Å². The van der Waals surface area contributed by atoms with Crippen LogP contribution in [-0.2, 0) is 4.74 Å². The van der Waals surface area contributed by atoms with Crippen LogP contribution in [0.4, 0.5) is 4.39 Å². The first-order valence-electron chi connectivity index (χ1n) is 7.20. The molecular weight excluding hydrogens is 283 g/mol. The molecule has 22 heavy (non-hydrogen) atoms. The molecule has 5 heteroatoms. The van der Waals surface area contributed by atoms with E-state index in [9.17, 15) is 14.4 Å². The van der Waals surface area contributed by atoms with Gasteiger partial charge in [0.25, 0.3) is 5.56 Å². The number of rotatable bonds is 2. The fourth-order valence-electron chi connectivity index (χ4n) is 2.79. The smallest absolute Gasteiger partial charge is 0.266 e. The molecule has 1 fully saturated rings. The number of hydrogen-bond donors (Lipinski definition) is 1. The molecule has 4 nitrogen and oxygen atoms in total. The molecule has 0 amide bonds. The maximum Gasteiger partial charge on any atom is 0.266 e. The zero-order chi connectivity index (χ0) is 15.5. The summed E-state index contributed by atoms with van der Waals surface area (Å²) in [4.78, 5) is 14.9. The van der Waals surface area contributed by atoms with E-state index in [2.05, 4.69) is 4.98 Å². The van der Waals surface area contributed by atoms with Crippen molar-refractivity contribution in [3.63, 3.8) is 0 Å². The van der Waals surface area contributed by atoms with Crippen LogP contribution in [0.1, 0.15) is 29.9 Å². The van der Waals surface area contributed by atoms with E-state index in [1.54, 1.807) is 12.1 Å². The summed E-state index contributed by atoms with van der Waals surface area (Å²) >= 11 is 0. The van der Waals surface area contributed by atoms with Crippen LogP contribution in [0.5, 0.6) is 0 Å². The van der Waals surface area contributed by atoms with E-state index in [4.69, 9.17) is 4.74 Å². The average molecular weight is 298 g/mol. The molecule has 1 saturated heterocycles. The largest absolute Gasteiger partial charge is 0.381 e. The molecule has 1 aliphatic heterocycles. The maximum absolute atomic E-state index is 13.0. The Balaban J connectivity index is 2.09. The van der Waals surface area contributed by atoms with Crippen LogP contribution in [0.25, 0.3) is 11.3 Å². The van der Waals surface area contributed by atoms with Gasteiger partial charge in [0.1, 0.15) is 17.4 Å². The number of nitrogens with one attached hydrogen (secondary N) is 1. The summed E-state index contributed by atoms with van der Waals surface area (Å²) in [7, 11) is 0. The molecule has 0 aliphatic carbocycles. The molecule has 2 heterocycles. The highest BCUT2D eigenvalue weighted by Gasteiger charge is 2.22. The van der Waals surface area contributed by atoms with E-state index in [-0.39, 0.29) is 17.3 Å². The Morgan fingerprint density at radius 2 is 2.09 bits per heavy atom. The number of aromatic amines is 1. The van der Waals surface area contributed by atoms with Crippen molar-refractivity contribution in [3.05, 3.63) is 57.6 Å². The summed E-state index contributed by atoms with van der Waals surface area (Å²) in [5.41, 5.74) is 1.74. The van der Waals surface area contributed by atoms with Gasteiger partial charge in [0.15, 0.2) is 0 Å². The Morgan fingerprint density at radius 1 is 1.32 bits per heavy atom. The molecule has 3 rings (SSSR count). The molecule has 1 aromatic heterocycles. The van der Waals surface area contributed by atoms with E-state index < -0.39 is 5.56 Å². The highest BCUT2D eigenvalue weighted by atomic mass is 19.1. The first kappa shape index (κ1) is 14.5. The number of pyridine rings is 1. The number of aromatic nitrogens is 1. The summed E-state index contributed by atoms with van der Waals surface area (Å²) < 4.78 is 18.5. The normalized spacial score (nSPS) is 17.9. The molecule has 1 aromatic carbocycles. The van der Waals surface area contributed by atoms with Crippen molar-refractivity contribution < 1.29 is 9.13 Å². The minimum Gasteiger partial charge on any atom is -0.381 e. The minimum atomic E-state index is -0.412. The third kappa shape index (κ3) is 2.78. The van der Waals surface area contributed by atoms with Crippen LogP contribution in [0.2, 0.25) is 0 Å². The number of hydrogen-bond acceptors (Lipinski definition) is 3. The van der Waals surface area contributed by atoms with Crippen LogP contribution in [0, 0.1) is 17.1 Å². The minimum absolute atomic E-state index is 0.0462. The molecule has 1 aliphatic rings. The van der Waals surface area contributed by atoms with Crippen molar-refractivity contribution in [1.82, 2.24) is 4.98 Å². The third-order valence-corrected chi connectivity index (χ3v) is 3.93. The molecule has 0 radical (unpaired) electrons. The number of halogens is 1. The molecule has 0 spiro atoms. The van der Waals surface area contributed by atoms with E-state index in [1.807, 2.05) is 12.1 Å². The molecule has 0 saturated carbocycles. The number of nitrogens with zero attached hydrogens (tertiary/aromatic N) is 1. The van der Waals surface area contributed by atoms with Gasteiger partial charge in [-0.3, -0.25) is 4.79 Å². The monoisotopic (exact) mass is 298 g/mol. The maximum atomic E-state index is 13.0. The van der Waals surface area contributed by atoms with E-state index >= 15 is 0 Å². The summed E-state index contributed by atoms with van der Waals surface area (Å²) in [6.45, 7) is 1.23. The fraction of sp³-hybridized carbons (Fsp3) is 0.294. The average Bonchev–Trinajstić information content (AvgIpc) is 2.55. The highest BCUT2D eigenvalue weighted by molar-refractivity contribution is 5.61. The Kier molecular flexibility index (Phi) is 4.03. The van der Waals surface area contributed by atoms with Gasteiger partial charge in [-0.1, -0.05) is 0 Å². The predicted molar refractivity (Wildman–Crippen MR) is 80.0 cm³/mol. The lowest BCUT2D eigenvalue weighted by Crippen LogP contribution is -2.21. The lowest BCUT2D eigenvalue weighted by Gasteiger charge is -2.23. The summed E-state index contributed by atoms with van der Waals surface area (Å²) in [6.07, 6.45) is 1.80. The molecule has 112 valence electrons. The Labute approximate surface area is 127 Å². The van der Waals surface area contributed by atoms with Gasteiger partial charge >= 0.3 is 0 Å². The second-order valence-corrected chi connectivity index (χ2v) is 5.38. The highest BCUT2D eigenvalue weighted by Crippen LogP contribution is 2.29. The van der Waals surface area contributed by atoms with Gasteiger partial charge in [0.05, 0.1) is 6.61 Å². The molecule has 0 bridgehead atoms. The summed E-state index contributed by atoms with van der Waals surface area (Å²) in [5, 5.41) is 9.27. The fourth-order valence-corrected chi connectivity index (χ4v) is 2.79. The van der Waals surface area contributed by atoms with Gasteiger partial charge in [-0.25, -0.2) is 4.39 Å². The molecule has 1 atom stereocenters. The van der Waals surface area contributed by atoms with Crippen molar-refractivity contribution in [2.45, 2.75) is 18.8 Å². The first-order valence-corrected chi connectivity index (χ1v) is 7.20. The second kappa shape index (κ2) is 6.12. The molecule has 1 unspecified atom stereocenters. The standard InChI is InChI=1S/C17H15FN2O2/c18-13-5-3-11(4-6-13)16-8-14(12-2-1-7-22-10-12)15(9-19)17(21)20-16/h3-6,8,12H,1-2,7,10H2,(H,20,21). The molecule has 1 N–H and O–H groups in total. The van der Waals surface area contributed by atoms with Gasteiger partial charge in [-0.15, -0.1) is 0 Å². The number of nitriles is 1. The van der Waals surface area contributed by atoms with Crippen LogP contribution in [0.3, 0.4) is 0 Å². The molecular formula is C17H15FN2O2. The zero-order valence-corrected chi connectivity index (χ0v) is 11.9. The Hall–Kier alpha value is -2.45. The van der Waals surface area contributed by atoms with Crippen molar-refractivity contribution >= 4 is 0 Å². The van der Waals surface area contributed by atoms with Gasteiger partial charge in [0, 0.05) is 18.2 Å². The lowest BCUT2D eigenvalue weighted by molar-refractivity contribution is 0.0803. The quantitative estimate of drug-likeness (QED) is 0.927. The Morgan fingerprint density at radius 3 is 2.73 bits per heavy atom. The van der Waals surface area contributed by atoms with Gasteiger partial charge in [-0.05, 0) is 54.3 Å². The van der Waals surface area contributed by atoms with Crippen LogP contribution in [0.15, 0.2) is 35.1 Å². The van der Waals surface area contributed by atoms with E-state index in [0.717, 1.165) is 12.8 Å². The molecule has 2 aromatic rings. The second-order valence-electron chi connectivity index (χ2n) is 5.38. The van der Waals surface area contributed by atoms with Gasteiger partial charge in [-0.2, -0.15) is 5.26 Å². The van der Waals surface area contributed by atoms with Crippen molar-refractivity contribution in [1.29, 1.82) is 5.26 Å². The zero-order valence-electron chi connectivity index (χ0n) is 11.9. The number of H-pyrrole nitrogens is 1. The SMILES string of the molecule is N#Cc1c(C2CCCOC2)cc(-c2ccc(F)cc2)[nH]c1=O. The van der Waals surface area contributed by atoms with Crippen molar-refractivity contribution in [3.8, 4) is 17.3 Å². The van der Waals surface area contributed by atoms with Crippen LogP contribution >= 0.6 is 0 Å². The van der Waals surface area contributed by atoms with Crippen molar-refractivity contribution in [2.75, 3.05) is 13.2 Å². The number of ether oxygens (including phenoxy) is 1. The third-order valence-electron chi connectivity index (χ3n) is 3.93. The lowest BCUT2D eigenvalue weighted by atomic mass is 9.90. The van der Waals surface area contributed by atoms with Crippen molar-refractivity contribution in [2.24, 2.45) is 0 Å². The van der Waals surface area contributed by atoms with E-state index in [1.165, 1.54) is 12.1 Å². The Bertz CT molecular complexity index is 769. The summed E-state index contributed by atoms with van der Waals surface area (Å²) in [5.74, 6) is -0.287. The van der Waals surface area contributed by atoms with Crippen LogP contribution < -0.4 is 5.56 Å². The first-order chi connectivity index (χ1) is 10.7. The number of benzene rings is 1. The van der Waals surface area contributed by atoms with Crippen LogP contribution in [-0.4, -0.2) is 18.2 Å². The summed E-state index contributed by atoms with van der Waals surface area (Å²) in [6, 6.07) is 9.70. The van der Waals surface area contributed by atoms with Gasteiger partial charge in [0.2, 0.25) is 0 Å². The van der Waals surface area contributed by atoms with Gasteiger partial charge < -0.3 is 9.72 Å². The predicted octanol–water partition coefficient (Wildman–Crippen LogP) is 2.95.